The van der Waals surface area contributed by atoms with Crippen LogP contribution < -0.4 is 5.73 Å². The zero-order valence-electron chi connectivity index (χ0n) is 10.7. The van der Waals surface area contributed by atoms with Gasteiger partial charge in [-0.1, -0.05) is 26.2 Å². The molecule has 2 N–H and O–H groups in total. The predicted octanol–water partition coefficient (Wildman–Crippen LogP) is 2.15. The summed E-state index contributed by atoms with van der Waals surface area (Å²) in [7, 11) is 0. The lowest BCUT2D eigenvalue weighted by Gasteiger charge is -2.33. The van der Waals surface area contributed by atoms with E-state index in [2.05, 4.69) is 6.92 Å². The highest BCUT2D eigenvalue weighted by Crippen LogP contribution is 2.27. The van der Waals surface area contributed by atoms with E-state index in [1.54, 1.807) is 0 Å². The minimum Gasteiger partial charge on any atom is -0.341 e. The van der Waals surface area contributed by atoms with Gasteiger partial charge in [-0.25, -0.2) is 0 Å². The van der Waals surface area contributed by atoms with E-state index in [1.807, 2.05) is 11.8 Å². The van der Waals surface area contributed by atoms with Crippen LogP contribution in [0.1, 0.15) is 52.4 Å². The lowest BCUT2D eigenvalue weighted by molar-refractivity contribution is -0.133. The van der Waals surface area contributed by atoms with Gasteiger partial charge in [-0.2, -0.15) is 0 Å². The summed E-state index contributed by atoms with van der Waals surface area (Å²) in [6, 6.07) is -0.278. The van der Waals surface area contributed by atoms with Gasteiger partial charge < -0.3 is 10.6 Å². The molecule has 0 bridgehead atoms. The average Bonchev–Trinajstić information content (AvgIpc) is 2.24. The molecule has 0 spiro atoms. The summed E-state index contributed by atoms with van der Waals surface area (Å²) in [6.45, 7) is 5.90. The second-order valence-corrected chi connectivity index (χ2v) is 4.92. The van der Waals surface area contributed by atoms with Crippen molar-refractivity contribution in [1.82, 2.24) is 4.90 Å². The van der Waals surface area contributed by atoms with Gasteiger partial charge in [0.15, 0.2) is 0 Å². The van der Waals surface area contributed by atoms with Crippen molar-refractivity contribution in [2.45, 2.75) is 58.4 Å². The topological polar surface area (TPSA) is 46.3 Å². The second-order valence-electron chi connectivity index (χ2n) is 4.92. The van der Waals surface area contributed by atoms with Crippen LogP contribution in [0, 0.1) is 5.92 Å². The Bertz CT molecular complexity index is 214. The van der Waals surface area contributed by atoms with Gasteiger partial charge in [-0.05, 0) is 32.1 Å². The average molecular weight is 226 g/mol. The fourth-order valence-corrected chi connectivity index (χ4v) is 2.14. The number of carbonyl (C=O) groups excluding carboxylic acids is 1. The van der Waals surface area contributed by atoms with Crippen LogP contribution >= 0.6 is 0 Å². The quantitative estimate of drug-likeness (QED) is 0.723. The largest absolute Gasteiger partial charge is 0.341 e. The number of carbonyl (C=O) groups is 1. The van der Waals surface area contributed by atoms with Crippen molar-refractivity contribution >= 4 is 5.91 Å². The molecule has 1 amide bonds. The van der Waals surface area contributed by atoms with Crippen molar-refractivity contribution in [3.05, 3.63) is 0 Å². The standard InChI is InChI=1S/C13H26N2O/c1-3-5-9-12(14)13(16)15(4-2)10-11-7-6-8-11/h11-12H,3-10,14H2,1-2H3/t12-/m0/s1. The van der Waals surface area contributed by atoms with E-state index in [1.165, 1.54) is 19.3 Å². The number of hydrogen-bond donors (Lipinski definition) is 1. The van der Waals surface area contributed by atoms with Crippen LogP contribution in [0.3, 0.4) is 0 Å². The third-order valence-corrected chi connectivity index (χ3v) is 3.58. The van der Waals surface area contributed by atoms with Gasteiger partial charge >= 0.3 is 0 Å². The number of amides is 1. The molecule has 0 aromatic heterocycles. The Balaban J connectivity index is 2.34. The summed E-state index contributed by atoms with van der Waals surface area (Å²) in [4.78, 5) is 14.0. The van der Waals surface area contributed by atoms with Gasteiger partial charge in [0.05, 0.1) is 6.04 Å². The molecule has 1 aliphatic carbocycles. The lowest BCUT2D eigenvalue weighted by Crippen LogP contribution is -2.46. The van der Waals surface area contributed by atoms with Crippen molar-refractivity contribution < 1.29 is 4.79 Å². The van der Waals surface area contributed by atoms with Gasteiger partial charge in [-0.15, -0.1) is 0 Å². The molecule has 0 radical (unpaired) electrons. The van der Waals surface area contributed by atoms with E-state index < -0.39 is 0 Å². The summed E-state index contributed by atoms with van der Waals surface area (Å²) in [5.41, 5.74) is 5.92. The number of unbranched alkanes of at least 4 members (excludes halogenated alkanes) is 1. The van der Waals surface area contributed by atoms with Gasteiger partial charge in [0.25, 0.3) is 0 Å². The summed E-state index contributed by atoms with van der Waals surface area (Å²) in [5, 5.41) is 0. The van der Waals surface area contributed by atoms with Crippen LogP contribution in [0.25, 0.3) is 0 Å². The summed E-state index contributed by atoms with van der Waals surface area (Å²) in [5.74, 6) is 0.894. The van der Waals surface area contributed by atoms with Crippen LogP contribution in [0.5, 0.6) is 0 Å². The first-order valence-electron chi connectivity index (χ1n) is 6.73. The molecule has 0 saturated heterocycles. The molecule has 94 valence electrons. The number of nitrogens with two attached hydrogens (primary N) is 1. The Kier molecular flexibility index (Phi) is 5.81. The van der Waals surface area contributed by atoms with Gasteiger partial charge in [0.1, 0.15) is 0 Å². The molecule has 0 aliphatic heterocycles. The Hall–Kier alpha value is -0.570. The molecule has 1 rings (SSSR count). The Morgan fingerprint density at radius 2 is 2.12 bits per heavy atom. The minimum atomic E-state index is -0.278. The SMILES string of the molecule is CCCC[C@H](N)C(=O)N(CC)CC1CCC1. The number of nitrogens with zero attached hydrogens (tertiary/aromatic N) is 1. The van der Waals surface area contributed by atoms with Crippen LogP contribution in [-0.4, -0.2) is 29.9 Å². The Morgan fingerprint density at radius 3 is 2.56 bits per heavy atom. The zero-order chi connectivity index (χ0) is 12.0. The van der Waals surface area contributed by atoms with Gasteiger partial charge in [0, 0.05) is 13.1 Å². The van der Waals surface area contributed by atoms with Crippen molar-refractivity contribution in [2.24, 2.45) is 11.7 Å². The highest BCUT2D eigenvalue weighted by atomic mass is 16.2. The van der Waals surface area contributed by atoms with Crippen molar-refractivity contribution in [1.29, 1.82) is 0 Å². The molecule has 1 atom stereocenters. The molecule has 16 heavy (non-hydrogen) atoms. The molecule has 1 aliphatic rings. The smallest absolute Gasteiger partial charge is 0.239 e. The Labute approximate surface area is 99.4 Å². The van der Waals surface area contributed by atoms with E-state index in [9.17, 15) is 4.79 Å². The Morgan fingerprint density at radius 1 is 1.44 bits per heavy atom. The third-order valence-electron chi connectivity index (χ3n) is 3.58. The predicted molar refractivity (Wildman–Crippen MR) is 67.1 cm³/mol. The highest BCUT2D eigenvalue weighted by molar-refractivity contribution is 5.81. The summed E-state index contributed by atoms with van der Waals surface area (Å²) in [6.07, 6.45) is 6.89. The lowest BCUT2D eigenvalue weighted by atomic mass is 9.85. The van der Waals surface area contributed by atoms with Crippen molar-refractivity contribution in [3.8, 4) is 0 Å². The molecule has 3 nitrogen and oxygen atoms in total. The van der Waals surface area contributed by atoms with E-state index >= 15 is 0 Å². The third kappa shape index (κ3) is 3.78. The molecular weight excluding hydrogens is 200 g/mol. The first kappa shape index (κ1) is 13.5. The maximum atomic E-state index is 12.1. The first-order chi connectivity index (χ1) is 7.69. The molecule has 0 unspecified atom stereocenters. The maximum absolute atomic E-state index is 12.1. The number of likely N-dealkylation sites (N-methyl/N-ethyl adjacent to an activating group) is 1. The van der Waals surface area contributed by atoms with Gasteiger partial charge in [0.2, 0.25) is 5.91 Å². The molecule has 3 heteroatoms. The second kappa shape index (κ2) is 6.89. The van der Waals surface area contributed by atoms with E-state index in [0.29, 0.717) is 0 Å². The highest BCUT2D eigenvalue weighted by Gasteiger charge is 2.25. The number of hydrogen-bond acceptors (Lipinski definition) is 2. The fourth-order valence-electron chi connectivity index (χ4n) is 2.14. The normalized spacial score (nSPS) is 17.9. The van der Waals surface area contributed by atoms with Crippen LogP contribution in [-0.2, 0) is 4.79 Å². The van der Waals surface area contributed by atoms with E-state index in [4.69, 9.17) is 5.73 Å². The molecule has 0 aromatic carbocycles. The molecular formula is C13H26N2O. The van der Waals surface area contributed by atoms with Gasteiger partial charge in [-0.3, -0.25) is 4.79 Å². The zero-order valence-corrected chi connectivity index (χ0v) is 10.7. The van der Waals surface area contributed by atoms with Crippen LogP contribution in [0.15, 0.2) is 0 Å². The summed E-state index contributed by atoms with van der Waals surface area (Å²) < 4.78 is 0. The van der Waals surface area contributed by atoms with Crippen molar-refractivity contribution in [2.75, 3.05) is 13.1 Å². The van der Waals surface area contributed by atoms with E-state index in [-0.39, 0.29) is 11.9 Å². The molecule has 1 saturated carbocycles. The maximum Gasteiger partial charge on any atom is 0.239 e. The fraction of sp³-hybridized carbons (Fsp3) is 0.923. The van der Waals surface area contributed by atoms with Crippen LogP contribution in [0.4, 0.5) is 0 Å². The molecule has 0 aromatic rings. The summed E-state index contributed by atoms with van der Waals surface area (Å²) >= 11 is 0. The minimum absolute atomic E-state index is 0.155. The monoisotopic (exact) mass is 226 g/mol. The number of rotatable bonds is 7. The molecule has 0 heterocycles. The van der Waals surface area contributed by atoms with Crippen molar-refractivity contribution in [3.63, 3.8) is 0 Å². The van der Waals surface area contributed by atoms with E-state index in [0.717, 1.165) is 38.3 Å². The first-order valence-corrected chi connectivity index (χ1v) is 6.73. The molecule has 1 fully saturated rings. The van der Waals surface area contributed by atoms with Crippen LogP contribution in [0.2, 0.25) is 0 Å².